The zero-order chi connectivity index (χ0) is 21.7. The van der Waals surface area contributed by atoms with Gasteiger partial charge in [0, 0.05) is 13.0 Å². The predicted octanol–water partition coefficient (Wildman–Crippen LogP) is 2.52. The molecule has 0 bridgehead atoms. The van der Waals surface area contributed by atoms with Gasteiger partial charge in [-0.3, -0.25) is 4.79 Å². The fourth-order valence-corrected chi connectivity index (χ4v) is 3.71. The van der Waals surface area contributed by atoms with Crippen LogP contribution in [0, 0.1) is 0 Å². The van der Waals surface area contributed by atoms with Crippen molar-refractivity contribution in [1.82, 2.24) is 4.90 Å². The lowest BCUT2D eigenvalue weighted by Gasteiger charge is -2.36. The zero-order valence-electron chi connectivity index (χ0n) is 16.7. The highest BCUT2D eigenvalue weighted by molar-refractivity contribution is 5.87. The van der Waals surface area contributed by atoms with Crippen LogP contribution in [0.1, 0.15) is 30.0 Å². The number of carboxylic acid groups (broad SMARTS) is 2. The van der Waals surface area contributed by atoms with Crippen LogP contribution in [0.15, 0.2) is 54.6 Å². The molecule has 158 valence electrons. The third-order valence-electron chi connectivity index (χ3n) is 5.35. The van der Waals surface area contributed by atoms with Crippen LogP contribution in [0.5, 0.6) is 0 Å². The fourth-order valence-electron chi connectivity index (χ4n) is 3.71. The molecule has 2 aromatic carbocycles. The number of amides is 1. The smallest absolute Gasteiger partial charge is 0.332 e. The van der Waals surface area contributed by atoms with Gasteiger partial charge < -0.3 is 19.8 Å². The largest absolute Gasteiger partial charge is 0.480 e. The molecule has 1 aliphatic rings. The van der Waals surface area contributed by atoms with Crippen molar-refractivity contribution < 1.29 is 29.3 Å². The number of aryl methyl sites for hydroxylation is 1. The molecule has 30 heavy (non-hydrogen) atoms. The van der Waals surface area contributed by atoms with E-state index < -0.39 is 36.1 Å². The molecular weight excluding hydrogens is 386 g/mol. The number of hydrogen-bond donors (Lipinski definition) is 2. The van der Waals surface area contributed by atoms with E-state index in [4.69, 9.17) is 4.74 Å². The van der Waals surface area contributed by atoms with Crippen LogP contribution >= 0.6 is 0 Å². The Morgan fingerprint density at radius 3 is 2.30 bits per heavy atom. The molecule has 1 aliphatic heterocycles. The number of rotatable bonds is 8. The molecule has 2 N–H and O–H groups in total. The lowest BCUT2D eigenvalue weighted by Crippen LogP contribution is -2.52. The second kappa shape index (κ2) is 9.54. The Labute approximate surface area is 174 Å². The van der Waals surface area contributed by atoms with Gasteiger partial charge in [0.05, 0.1) is 0 Å². The van der Waals surface area contributed by atoms with Gasteiger partial charge in [-0.15, -0.1) is 0 Å². The van der Waals surface area contributed by atoms with Gasteiger partial charge >= 0.3 is 11.9 Å². The molecule has 1 heterocycles. The molecule has 0 saturated carbocycles. The van der Waals surface area contributed by atoms with E-state index in [9.17, 15) is 24.6 Å². The van der Waals surface area contributed by atoms with E-state index in [0.717, 1.165) is 16.7 Å². The Morgan fingerprint density at radius 2 is 1.67 bits per heavy atom. The van der Waals surface area contributed by atoms with Crippen LogP contribution in [-0.4, -0.2) is 51.2 Å². The minimum atomic E-state index is -1.16. The highest BCUT2D eigenvalue weighted by atomic mass is 16.5. The summed E-state index contributed by atoms with van der Waals surface area (Å²) in [6, 6.07) is 15.8. The summed E-state index contributed by atoms with van der Waals surface area (Å²) in [5, 5.41) is 19.1. The van der Waals surface area contributed by atoms with Crippen molar-refractivity contribution in [3.8, 4) is 0 Å². The molecule has 3 unspecified atom stereocenters. The second-order valence-corrected chi connectivity index (χ2v) is 7.42. The van der Waals surface area contributed by atoms with Crippen molar-refractivity contribution >= 4 is 17.8 Å². The van der Waals surface area contributed by atoms with Crippen LogP contribution in [-0.2, 0) is 38.5 Å². The summed E-state index contributed by atoms with van der Waals surface area (Å²) >= 11 is 0. The first-order valence-corrected chi connectivity index (χ1v) is 9.89. The number of aliphatic carboxylic acids is 2. The minimum absolute atomic E-state index is 0.154. The highest BCUT2D eigenvalue weighted by Crippen LogP contribution is 2.25. The van der Waals surface area contributed by atoms with Crippen molar-refractivity contribution in [3.05, 3.63) is 71.3 Å². The molecular formula is C23H25NO6. The molecule has 7 nitrogen and oxygen atoms in total. The first-order valence-electron chi connectivity index (χ1n) is 9.89. The van der Waals surface area contributed by atoms with Gasteiger partial charge in [-0.2, -0.15) is 0 Å². The maximum absolute atomic E-state index is 13.0. The van der Waals surface area contributed by atoms with Gasteiger partial charge in [-0.1, -0.05) is 54.6 Å². The number of hydrogen-bond acceptors (Lipinski definition) is 4. The molecule has 7 heteroatoms. The molecule has 3 rings (SSSR count). The lowest BCUT2D eigenvalue weighted by molar-refractivity contribution is -0.166. The molecule has 0 aromatic heterocycles. The van der Waals surface area contributed by atoms with E-state index in [1.165, 1.54) is 11.8 Å². The van der Waals surface area contributed by atoms with E-state index in [1.54, 1.807) is 0 Å². The number of ether oxygens (including phenoxy) is 1. The van der Waals surface area contributed by atoms with Crippen molar-refractivity contribution in [2.45, 2.75) is 51.0 Å². The zero-order valence-corrected chi connectivity index (χ0v) is 16.7. The van der Waals surface area contributed by atoms with E-state index in [1.807, 2.05) is 54.6 Å². The van der Waals surface area contributed by atoms with Crippen molar-refractivity contribution in [2.75, 3.05) is 0 Å². The standard InChI is InChI=1S/C23H25NO6/c1-15(30-20(23(28)29)12-11-16-7-3-2-4-8-16)21(25)24-14-18-10-6-5-9-17(18)13-19(24)22(26)27/h2-10,15,19-20H,11-14H2,1H3,(H,26,27)(H,28,29). The first kappa shape index (κ1) is 21.5. The number of nitrogens with zero attached hydrogens (tertiary/aromatic N) is 1. The number of carbonyl (C=O) groups excluding carboxylic acids is 1. The molecule has 1 amide bonds. The second-order valence-electron chi connectivity index (χ2n) is 7.42. The van der Waals surface area contributed by atoms with Crippen LogP contribution in [0.2, 0.25) is 0 Å². The molecule has 0 aliphatic carbocycles. The summed E-state index contributed by atoms with van der Waals surface area (Å²) in [7, 11) is 0. The summed E-state index contributed by atoms with van der Waals surface area (Å²) in [5.74, 6) is -2.77. The molecule has 0 fully saturated rings. The Hall–Kier alpha value is -3.19. The van der Waals surface area contributed by atoms with Gasteiger partial charge in [0.15, 0.2) is 6.10 Å². The first-order chi connectivity index (χ1) is 14.4. The Balaban J connectivity index is 1.69. The van der Waals surface area contributed by atoms with Gasteiger partial charge in [0.1, 0.15) is 12.1 Å². The Bertz CT molecular complexity index is 913. The summed E-state index contributed by atoms with van der Waals surface area (Å²) < 4.78 is 5.58. The molecule has 0 saturated heterocycles. The molecule has 3 atom stereocenters. The normalized spacial score (nSPS) is 17.6. The maximum Gasteiger partial charge on any atom is 0.332 e. The predicted molar refractivity (Wildman–Crippen MR) is 109 cm³/mol. The maximum atomic E-state index is 13.0. The van der Waals surface area contributed by atoms with Crippen molar-refractivity contribution in [2.24, 2.45) is 0 Å². The average molecular weight is 411 g/mol. The van der Waals surface area contributed by atoms with Gasteiger partial charge in [-0.25, -0.2) is 9.59 Å². The molecule has 0 radical (unpaired) electrons. The third kappa shape index (κ3) is 5.04. The average Bonchev–Trinajstić information content (AvgIpc) is 2.75. The van der Waals surface area contributed by atoms with E-state index in [0.29, 0.717) is 6.42 Å². The minimum Gasteiger partial charge on any atom is -0.480 e. The Morgan fingerprint density at radius 1 is 1.03 bits per heavy atom. The summed E-state index contributed by atoms with van der Waals surface area (Å²) in [6.45, 7) is 1.63. The van der Waals surface area contributed by atoms with Crippen LogP contribution in [0.25, 0.3) is 0 Å². The number of carboxylic acids is 2. The summed E-state index contributed by atoms with van der Waals surface area (Å²) in [6.07, 6.45) is -1.32. The van der Waals surface area contributed by atoms with E-state index in [-0.39, 0.29) is 19.4 Å². The topological polar surface area (TPSA) is 104 Å². The monoisotopic (exact) mass is 411 g/mol. The van der Waals surface area contributed by atoms with Gasteiger partial charge in [0.2, 0.25) is 0 Å². The number of fused-ring (bicyclic) bond motifs is 1. The summed E-state index contributed by atoms with van der Waals surface area (Å²) in [5.41, 5.74) is 2.76. The lowest BCUT2D eigenvalue weighted by atomic mass is 9.93. The van der Waals surface area contributed by atoms with E-state index >= 15 is 0 Å². The van der Waals surface area contributed by atoms with Crippen molar-refractivity contribution in [1.29, 1.82) is 0 Å². The van der Waals surface area contributed by atoms with Crippen LogP contribution < -0.4 is 0 Å². The number of carbonyl (C=O) groups is 3. The quantitative estimate of drug-likeness (QED) is 0.692. The molecule has 2 aromatic rings. The van der Waals surface area contributed by atoms with Crippen LogP contribution in [0.3, 0.4) is 0 Å². The third-order valence-corrected chi connectivity index (χ3v) is 5.35. The SMILES string of the molecule is CC(OC(CCc1ccccc1)C(=O)O)C(=O)N1Cc2ccccc2CC1C(=O)O. The summed E-state index contributed by atoms with van der Waals surface area (Å²) in [4.78, 5) is 37.7. The van der Waals surface area contributed by atoms with Gasteiger partial charge in [-0.05, 0) is 36.5 Å². The van der Waals surface area contributed by atoms with Crippen LogP contribution in [0.4, 0.5) is 0 Å². The molecule has 0 spiro atoms. The number of benzene rings is 2. The van der Waals surface area contributed by atoms with Crippen molar-refractivity contribution in [3.63, 3.8) is 0 Å². The Kier molecular flexibility index (Phi) is 6.84. The van der Waals surface area contributed by atoms with Gasteiger partial charge in [0.25, 0.3) is 5.91 Å². The fraction of sp³-hybridized carbons (Fsp3) is 0.348. The van der Waals surface area contributed by atoms with E-state index in [2.05, 4.69) is 0 Å². The highest BCUT2D eigenvalue weighted by Gasteiger charge is 2.37.